The standard InChI is InChI=1S/C15H17N3O/c1-12-3-5-13(6-4-12)15(19)7-10-18(11-15)14-16-8-2-9-17-14/h2-6,8-9,19H,7,10-11H2,1H3/t15-/m1/s1. The van der Waals surface area contributed by atoms with Crippen molar-refractivity contribution >= 4 is 5.95 Å². The molecule has 1 saturated heterocycles. The van der Waals surface area contributed by atoms with Gasteiger partial charge in [0.05, 0.1) is 6.54 Å². The maximum Gasteiger partial charge on any atom is 0.225 e. The monoisotopic (exact) mass is 255 g/mol. The molecule has 1 N–H and O–H groups in total. The number of aromatic nitrogens is 2. The van der Waals surface area contributed by atoms with Gasteiger partial charge in [-0.25, -0.2) is 9.97 Å². The molecule has 19 heavy (non-hydrogen) atoms. The van der Waals surface area contributed by atoms with Crippen molar-refractivity contribution in [2.24, 2.45) is 0 Å². The molecule has 1 aliphatic rings. The normalized spacial score (nSPS) is 22.7. The van der Waals surface area contributed by atoms with Gasteiger partial charge in [0.15, 0.2) is 0 Å². The van der Waals surface area contributed by atoms with Crippen LogP contribution >= 0.6 is 0 Å². The molecule has 1 aliphatic heterocycles. The van der Waals surface area contributed by atoms with Gasteiger partial charge < -0.3 is 10.0 Å². The minimum absolute atomic E-state index is 0.542. The van der Waals surface area contributed by atoms with Crippen LogP contribution in [0.2, 0.25) is 0 Å². The van der Waals surface area contributed by atoms with E-state index in [9.17, 15) is 5.11 Å². The van der Waals surface area contributed by atoms with Crippen LogP contribution in [0.5, 0.6) is 0 Å². The summed E-state index contributed by atoms with van der Waals surface area (Å²) in [6, 6.07) is 9.88. The first-order valence-corrected chi connectivity index (χ1v) is 6.49. The highest BCUT2D eigenvalue weighted by Gasteiger charge is 2.38. The van der Waals surface area contributed by atoms with Crippen LogP contribution in [0.1, 0.15) is 17.5 Å². The van der Waals surface area contributed by atoms with E-state index in [2.05, 4.69) is 9.97 Å². The molecule has 2 aromatic rings. The Morgan fingerprint density at radius 3 is 2.53 bits per heavy atom. The zero-order valence-electron chi connectivity index (χ0n) is 11.0. The number of benzene rings is 1. The Bertz CT molecular complexity index is 555. The van der Waals surface area contributed by atoms with Crippen LogP contribution in [0.15, 0.2) is 42.7 Å². The van der Waals surface area contributed by atoms with Crippen molar-refractivity contribution < 1.29 is 5.11 Å². The number of rotatable bonds is 2. The van der Waals surface area contributed by atoms with Gasteiger partial charge in [0.25, 0.3) is 0 Å². The van der Waals surface area contributed by atoms with E-state index in [0.717, 1.165) is 12.1 Å². The topological polar surface area (TPSA) is 49.2 Å². The highest BCUT2D eigenvalue weighted by Crippen LogP contribution is 2.33. The second kappa shape index (κ2) is 4.63. The molecule has 4 nitrogen and oxygen atoms in total. The number of nitrogens with zero attached hydrogens (tertiary/aromatic N) is 3. The zero-order chi connectivity index (χ0) is 13.3. The lowest BCUT2D eigenvalue weighted by Crippen LogP contribution is -2.31. The van der Waals surface area contributed by atoms with E-state index in [4.69, 9.17) is 0 Å². The summed E-state index contributed by atoms with van der Waals surface area (Å²) < 4.78 is 0. The van der Waals surface area contributed by atoms with Gasteiger partial charge in [-0.3, -0.25) is 0 Å². The number of anilines is 1. The van der Waals surface area contributed by atoms with E-state index in [1.807, 2.05) is 36.1 Å². The fraction of sp³-hybridized carbons (Fsp3) is 0.333. The lowest BCUT2D eigenvalue weighted by molar-refractivity contribution is 0.0606. The van der Waals surface area contributed by atoms with Crippen LogP contribution in [0, 0.1) is 6.92 Å². The van der Waals surface area contributed by atoms with Gasteiger partial charge in [-0.1, -0.05) is 29.8 Å². The Morgan fingerprint density at radius 1 is 1.16 bits per heavy atom. The van der Waals surface area contributed by atoms with E-state index in [0.29, 0.717) is 18.9 Å². The minimum atomic E-state index is -0.799. The summed E-state index contributed by atoms with van der Waals surface area (Å²) in [4.78, 5) is 10.5. The minimum Gasteiger partial charge on any atom is -0.383 e. The molecular weight excluding hydrogens is 238 g/mol. The molecule has 0 aliphatic carbocycles. The average Bonchev–Trinajstić information content (AvgIpc) is 2.84. The van der Waals surface area contributed by atoms with Gasteiger partial charge in [-0.05, 0) is 25.0 Å². The van der Waals surface area contributed by atoms with Crippen molar-refractivity contribution in [3.63, 3.8) is 0 Å². The van der Waals surface area contributed by atoms with E-state index in [1.54, 1.807) is 18.5 Å². The molecule has 0 saturated carbocycles. The third-order valence-corrected chi connectivity index (χ3v) is 3.67. The zero-order valence-corrected chi connectivity index (χ0v) is 11.0. The van der Waals surface area contributed by atoms with Crippen molar-refractivity contribution in [2.45, 2.75) is 18.9 Å². The molecule has 1 aromatic carbocycles. The van der Waals surface area contributed by atoms with Crippen molar-refractivity contribution in [1.82, 2.24) is 9.97 Å². The predicted molar refractivity (Wildman–Crippen MR) is 73.9 cm³/mol. The van der Waals surface area contributed by atoms with E-state index in [1.165, 1.54) is 5.56 Å². The Morgan fingerprint density at radius 2 is 1.84 bits per heavy atom. The summed E-state index contributed by atoms with van der Waals surface area (Å²) in [7, 11) is 0. The SMILES string of the molecule is Cc1ccc([C@@]2(O)CCN(c3ncccn3)C2)cc1. The van der Waals surface area contributed by atoms with Crippen molar-refractivity contribution in [3.05, 3.63) is 53.9 Å². The first kappa shape index (κ1) is 12.1. The Labute approximate surface area is 112 Å². The van der Waals surface area contributed by atoms with Gasteiger partial charge in [0.1, 0.15) is 5.60 Å². The Hall–Kier alpha value is -1.94. The summed E-state index contributed by atoms with van der Waals surface area (Å²) in [5.41, 5.74) is 1.37. The molecule has 0 radical (unpaired) electrons. The first-order valence-electron chi connectivity index (χ1n) is 6.49. The van der Waals surface area contributed by atoms with Crippen LogP contribution in [-0.2, 0) is 5.60 Å². The van der Waals surface area contributed by atoms with Crippen LogP contribution in [-0.4, -0.2) is 28.2 Å². The quantitative estimate of drug-likeness (QED) is 0.890. The van der Waals surface area contributed by atoms with Crippen molar-refractivity contribution in [1.29, 1.82) is 0 Å². The molecule has 3 rings (SSSR count). The molecule has 2 heterocycles. The fourth-order valence-corrected chi connectivity index (χ4v) is 2.52. The number of hydrogen-bond acceptors (Lipinski definition) is 4. The summed E-state index contributed by atoms with van der Waals surface area (Å²) in [5, 5.41) is 10.8. The van der Waals surface area contributed by atoms with Gasteiger partial charge >= 0.3 is 0 Å². The lowest BCUT2D eigenvalue weighted by Gasteiger charge is -2.24. The summed E-state index contributed by atoms with van der Waals surface area (Å²) in [6.45, 7) is 3.36. The molecule has 0 bridgehead atoms. The fourth-order valence-electron chi connectivity index (χ4n) is 2.52. The number of β-amino-alcohol motifs (C(OH)–C–C–N with tert-alkyl or cyclic N) is 1. The van der Waals surface area contributed by atoms with Crippen molar-refractivity contribution in [3.8, 4) is 0 Å². The van der Waals surface area contributed by atoms with Gasteiger partial charge in [-0.2, -0.15) is 0 Å². The van der Waals surface area contributed by atoms with Crippen LogP contribution in [0.25, 0.3) is 0 Å². The first-order chi connectivity index (χ1) is 9.17. The number of aryl methyl sites for hydroxylation is 1. The molecule has 0 spiro atoms. The van der Waals surface area contributed by atoms with Crippen LogP contribution in [0.3, 0.4) is 0 Å². The van der Waals surface area contributed by atoms with Crippen LogP contribution in [0.4, 0.5) is 5.95 Å². The third-order valence-electron chi connectivity index (χ3n) is 3.67. The molecule has 1 aromatic heterocycles. The second-order valence-corrected chi connectivity index (χ2v) is 5.12. The molecule has 1 atom stereocenters. The smallest absolute Gasteiger partial charge is 0.225 e. The van der Waals surface area contributed by atoms with Gasteiger partial charge in [0, 0.05) is 18.9 Å². The maximum absolute atomic E-state index is 10.8. The Kier molecular flexibility index (Phi) is 2.95. The molecular formula is C15H17N3O. The Balaban J connectivity index is 1.83. The largest absolute Gasteiger partial charge is 0.383 e. The molecule has 98 valence electrons. The molecule has 0 amide bonds. The second-order valence-electron chi connectivity index (χ2n) is 5.12. The molecule has 0 unspecified atom stereocenters. The highest BCUT2D eigenvalue weighted by atomic mass is 16.3. The molecule has 4 heteroatoms. The average molecular weight is 255 g/mol. The third kappa shape index (κ3) is 2.31. The van der Waals surface area contributed by atoms with E-state index < -0.39 is 5.60 Å². The summed E-state index contributed by atoms with van der Waals surface area (Å²) in [6.07, 6.45) is 4.16. The van der Waals surface area contributed by atoms with Crippen LogP contribution < -0.4 is 4.90 Å². The maximum atomic E-state index is 10.8. The summed E-state index contributed by atoms with van der Waals surface area (Å²) >= 11 is 0. The van der Waals surface area contributed by atoms with Gasteiger partial charge in [-0.15, -0.1) is 0 Å². The van der Waals surface area contributed by atoms with E-state index in [-0.39, 0.29) is 0 Å². The highest BCUT2D eigenvalue weighted by molar-refractivity contribution is 5.37. The van der Waals surface area contributed by atoms with E-state index >= 15 is 0 Å². The predicted octanol–water partition coefficient (Wildman–Crippen LogP) is 1.88. The lowest BCUT2D eigenvalue weighted by atomic mass is 9.92. The molecule has 1 fully saturated rings. The number of hydrogen-bond donors (Lipinski definition) is 1. The summed E-state index contributed by atoms with van der Waals surface area (Å²) in [5.74, 6) is 0.686. The number of aliphatic hydroxyl groups is 1. The van der Waals surface area contributed by atoms with Crippen molar-refractivity contribution in [2.75, 3.05) is 18.0 Å². The van der Waals surface area contributed by atoms with Gasteiger partial charge in [0.2, 0.25) is 5.95 Å².